The van der Waals surface area contributed by atoms with E-state index in [1.165, 1.54) is 31.3 Å². The van der Waals surface area contributed by atoms with Gasteiger partial charge in [0.25, 0.3) is 0 Å². The van der Waals surface area contributed by atoms with Gasteiger partial charge in [-0.3, -0.25) is 4.79 Å². The first-order chi connectivity index (χ1) is 11.7. The highest BCUT2D eigenvalue weighted by Crippen LogP contribution is 2.26. The second-order valence-electron chi connectivity index (χ2n) is 5.53. The van der Waals surface area contributed by atoms with Crippen molar-refractivity contribution in [2.24, 2.45) is 0 Å². The number of rotatable bonds is 9. The Hall–Kier alpha value is -1.94. The van der Waals surface area contributed by atoms with E-state index in [1.807, 2.05) is 48.2 Å². The fourth-order valence-corrected chi connectivity index (χ4v) is 3.11. The van der Waals surface area contributed by atoms with Gasteiger partial charge in [-0.15, -0.1) is 11.8 Å². The Labute approximate surface area is 148 Å². The van der Waals surface area contributed by atoms with E-state index in [-0.39, 0.29) is 12.4 Å². The maximum Gasteiger partial charge on any atom is 0.309 e. The smallest absolute Gasteiger partial charge is 0.309 e. The molecule has 3 nitrogen and oxygen atoms in total. The third kappa shape index (κ3) is 6.28. The molecule has 2 aromatic carbocycles. The molecule has 0 aliphatic heterocycles. The Balaban J connectivity index is 1.85. The topological polar surface area (TPSA) is 35.5 Å². The van der Waals surface area contributed by atoms with Gasteiger partial charge < -0.3 is 9.47 Å². The van der Waals surface area contributed by atoms with Crippen molar-refractivity contribution in [1.29, 1.82) is 0 Å². The van der Waals surface area contributed by atoms with E-state index < -0.39 is 0 Å². The summed E-state index contributed by atoms with van der Waals surface area (Å²) < 4.78 is 10.5. The average Bonchev–Trinajstić information content (AvgIpc) is 2.61. The molecule has 0 N–H and O–H groups in total. The van der Waals surface area contributed by atoms with E-state index >= 15 is 0 Å². The van der Waals surface area contributed by atoms with Crippen LogP contribution in [0.15, 0.2) is 53.4 Å². The predicted molar refractivity (Wildman–Crippen MR) is 98.9 cm³/mol. The molecule has 0 aromatic heterocycles. The molecule has 4 heteroatoms. The molecule has 24 heavy (non-hydrogen) atoms. The fraction of sp³-hybridized carbons (Fsp3) is 0.350. The van der Waals surface area contributed by atoms with Gasteiger partial charge in [0.15, 0.2) is 0 Å². The third-order valence-corrected chi connectivity index (χ3v) is 4.67. The van der Waals surface area contributed by atoms with Crippen molar-refractivity contribution >= 4 is 17.7 Å². The molecule has 0 fully saturated rings. The Morgan fingerprint density at radius 1 is 0.958 bits per heavy atom. The summed E-state index contributed by atoms with van der Waals surface area (Å²) in [6.07, 6.45) is 4.09. The van der Waals surface area contributed by atoms with Gasteiger partial charge in [-0.05, 0) is 54.1 Å². The van der Waals surface area contributed by atoms with Crippen molar-refractivity contribution in [3.8, 4) is 11.5 Å². The molecule has 0 radical (unpaired) electrons. The molecule has 0 spiro atoms. The zero-order chi connectivity index (χ0) is 17.2. The minimum absolute atomic E-state index is 0.240. The molecule has 0 amide bonds. The monoisotopic (exact) mass is 344 g/mol. The van der Waals surface area contributed by atoms with Gasteiger partial charge in [0.05, 0.1) is 13.5 Å². The SMILES string of the molecule is CCCCCSc1ccc(Oc2ccc(CC(=O)OC)cc2)cc1. The molecular weight excluding hydrogens is 320 g/mol. The standard InChI is InChI=1S/C20H24O3S/c1-3-4-5-14-24-19-12-10-18(11-13-19)23-17-8-6-16(7-9-17)15-20(21)22-2/h6-13H,3-5,14-15H2,1-2H3. The predicted octanol–water partition coefficient (Wildman–Crippen LogP) is 5.48. The summed E-state index contributed by atoms with van der Waals surface area (Å²) in [6, 6.07) is 15.7. The minimum Gasteiger partial charge on any atom is -0.469 e. The van der Waals surface area contributed by atoms with Gasteiger partial charge in [0.1, 0.15) is 11.5 Å². The van der Waals surface area contributed by atoms with Gasteiger partial charge in [-0.1, -0.05) is 31.9 Å². The largest absolute Gasteiger partial charge is 0.469 e. The van der Waals surface area contributed by atoms with Gasteiger partial charge in [0.2, 0.25) is 0 Å². The Morgan fingerprint density at radius 2 is 1.58 bits per heavy atom. The molecule has 0 saturated heterocycles. The number of benzene rings is 2. The summed E-state index contributed by atoms with van der Waals surface area (Å²) in [6.45, 7) is 2.22. The van der Waals surface area contributed by atoms with Crippen LogP contribution in [0.5, 0.6) is 11.5 Å². The first kappa shape index (κ1) is 18.4. The van der Waals surface area contributed by atoms with Gasteiger partial charge in [-0.2, -0.15) is 0 Å². The molecule has 2 aromatic rings. The van der Waals surface area contributed by atoms with Crippen LogP contribution in [-0.2, 0) is 16.0 Å². The lowest BCUT2D eigenvalue weighted by Gasteiger charge is -2.08. The number of thioether (sulfide) groups is 1. The molecular formula is C20H24O3S. The lowest BCUT2D eigenvalue weighted by molar-refractivity contribution is -0.139. The van der Waals surface area contributed by atoms with Crippen LogP contribution in [0.3, 0.4) is 0 Å². The quantitative estimate of drug-likeness (QED) is 0.343. The second kappa shape index (κ2) is 10.0. The molecule has 0 atom stereocenters. The fourth-order valence-electron chi connectivity index (χ4n) is 2.20. The van der Waals surface area contributed by atoms with E-state index in [0.29, 0.717) is 0 Å². The Kier molecular flexibility index (Phi) is 7.69. The van der Waals surface area contributed by atoms with Crippen molar-refractivity contribution < 1.29 is 14.3 Å². The van der Waals surface area contributed by atoms with Crippen molar-refractivity contribution in [3.05, 3.63) is 54.1 Å². The van der Waals surface area contributed by atoms with E-state index in [1.54, 1.807) is 0 Å². The van der Waals surface area contributed by atoms with Gasteiger partial charge >= 0.3 is 5.97 Å². The zero-order valence-corrected chi connectivity index (χ0v) is 15.1. The first-order valence-electron chi connectivity index (χ1n) is 8.27. The number of hydrogen-bond donors (Lipinski definition) is 0. The highest BCUT2D eigenvalue weighted by molar-refractivity contribution is 7.99. The first-order valence-corrected chi connectivity index (χ1v) is 9.26. The molecule has 0 saturated carbocycles. The second-order valence-corrected chi connectivity index (χ2v) is 6.69. The number of carbonyl (C=O) groups is 1. The van der Waals surface area contributed by atoms with E-state index in [4.69, 9.17) is 4.74 Å². The number of methoxy groups -OCH3 is 1. The minimum atomic E-state index is -0.240. The van der Waals surface area contributed by atoms with E-state index in [2.05, 4.69) is 23.8 Å². The van der Waals surface area contributed by atoms with Gasteiger partial charge in [-0.25, -0.2) is 0 Å². The van der Waals surface area contributed by atoms with Crippen LogP contribution in [0.1, 0.15) is 31.7 Å². The summed E-state index contributed by atoms with van der Waals surface area (Å²) in [5, 5.41) is 0. The van der Waals surface area contributed by atoms with Crippen LogP contribution in [0.2, 0.25) is 0 Å². The number of ether oxygens (including phenoxy) is 2. The number of carbonyl (C=O) groups excluding carboxylic acids is 1. The van der Waals surface area contributed by atoms with Crippen LogP contribution in [-0.4, -0.2) is 18.8 Å². The lowest BCUT2D eigenvalue weighted by Crippen LogP contribution is -2.04. The maximum atomic E-state index is 11.2. The highest BCUT2D eigenvalue weighted by atomic mass is 32.2. The van der Waals surface area contributed by atoms with Crippen LogP contribution in [0, 0.1) is 0 Å². The normalized spacial score (nSPS) is 10.4. The maximum absolute atomic E-state index is 11.2. The van der Waals surface area contributed by atoms with E-state index in [0.717, 1.165) is 22.8 Å². The van der Waals surface area contributed by atoms with Crippen LogP contribution in [0.4, 0.5) is 0 Å². The Bertz CT molecular complexity index is 620. The zero-order valence-electron chi connectivity index (χ0n) is 14.3. The third-order valence-electron chi connectivity index (χ3n) is 3.58. The molecule has 0 heterocycles. The van der Waals surface area contributed by atoms with Gasteiger partial charge in [0, 0.05) is 4.90 Å². The number of hydrogen-bond acceptors (Lipinski definition) is 4. The number of esters is 1. The van der Waals surface area contributed by atoms with E-state index in [9.17, 15) is 4.79 Å². The molecule has 2 rings (SSSR count). The van der Waals surface area contributed by atoms with Crippen molar-refractivity contribution in [2.45, 2.75) is 37.5 Å². The summed E-state index contributed by atoms with van der Waals surface area (Å²) in [5.74, 6) is 2.49. The average molecular weight is 344 g/mol. The lowest BCUT2D eigenvalue weighted by atomic mass is 10.1. The van der Waals surface area contributed by atoms with Crippen LogP contribution >= 0.6 is 11.8 Å². The number of unbranched alkanes of at least 4 members (excludes halogenated alkanes) is 2. The molecule has 0 unspecified atom stereocenters. The molecule has 0 aliphatic carbocycles. The Morgan fingerprint density at radius 3 is 2.17 bits per heavy atom. The summed E-state index contributed by atoms with van der Waals surface area (Å²) in [4.78, 5) is 12.5. The van der Waals surface area contributed by atoms with Crippen molar-refractivity contribution in [1.82, 2.24) is 0 Å². The summed E-state index contributed by atoms with van der Waals surface area (Å²) in [5.41, 5.74) is 0.910. The molecule has 0 bridgehead atoms. The van der Waals surface area contributed by atoms with Crippen molar-refractivity contribution in [3.63, 3.8) is 0 Å². The highest BCUT2D eigenvalue weighted by Gasteiger charge is 2.04. The summed E-state index contributed by atoms with van der Waals surface area (Å²) >= 11 is 1.89. The molecule has 128 valence electrons. The van der Waals surface area contributed by atoms with Crippen molar-refractivity contribution in [2.75, 3.05) is 12.9 Å². The molecule has 0 aliphatic rings. The summed E-state index contributed by atoms with van der Waals surface area (Å²) in [7, 11) is 1.39. The van der Waals surface area contributed by atoms with Crippen LogP contribution in [0.25, 0.3) is 0 Å². The van der Waals surface area contributed by atoms with Crippen LogP contribution < -0.4 is 4.74 Å².